The zero-order valence-corrected chi connectivity index (χ0v) is 11.9. The summed E-state index contributed by atoms with van der Waals surface area (Å²) in [5.74, 6) is 1.75. The number of rotatable bonds is 3. The van der Waals surface area contributed by atoms with E-state index in [9.17, 15) is 0 Å². The van der Waals surface area contributed by atoms with Gasteiger partial charge in [0.15, 0.2) is 0 Å². The van der Waals surface area contributed by atoms with Gasteiger partial charge in [-0.1, -0.05) is 26.7 Å². The molecule has 17 heavy (non-hydrogen) atoms. The van der Waals surface area contributed by atoms with E-state index in [2.05, 4.69) is 25.7 Å². The Balaban J connectivity index is 1.99. The number of hydrogen-bond acceptors (Lipinski definition) is 2. The molecule has 2 nitrogen and oxygen atoms in total. The highest BCUT2D eigenvalue weighted by Crippen LogP contribution is 2.40. The maximum Gasteiger partial charge on any atom is 0.00702 e. The molecule has 1 heterocycles. The van der Waals surface area contributed by atoms with Gasteiger partial charge in [0.25, 0.3) is 0 Å². The molecule has 1 aliphatic carbocycles. The van der Waals surface area contributed by atoms with E-state index in [0.717, 1.165) is 24.4 Å². The molecule has 0 aromatic carbocycles. The third-order valence-corrected chi connectivity index (χ3v) is 5.07. The highest BCUT2D eigenvalue weighted by atomic mass is 15.2. The lowest BCUT2D eigenvalue weighted by molar-refractivity contribution is 0.0841. The summed E-state index contributed by atoms with van der Waals surface area (Å²) in [5, 5.41) is 0. The zero-order valence-electron chi connectivity index (χ0n) is 11.9. The van der Waals surface area contributed by atoms with Crippen LogP contribution in [0.1, 0.15) is 52.9 Å². The van der Waals surface area contributed by atoms with Gasteiger partial charge in [0, 0.05) is 19.1 Å². The molecule has 0 bridgehead atoms. The van der Waals surface area contributed by atoms with Crippen molar-refractivity contribution < 1.29 is 0 Å². The van der Waals surface area contributed by atoms with Crippen molar-refractivity contribution in [1.29, 1.82) is 0 Å². The van der Waals surface area contributed by atoms with Crippen molar-refractivity contribution in [3.8, 4) is 0 Å². The Labute approximate surface area is 107 Å². The monoisotopic (exact) mass is 238 g/mol. The minimum absolute atomic E-state index is 0.427. The Morgan fingerprint density at radius 3 is 2.53 bits per heavy atom. The summed E-state index contributed by atoms with van der Waals surface area (Å²) < 4.78 is 0. The van der Waals surface area contributed by atoms with E-state index in [-0.39, 0.29) is 0 Å². The van der Waals surface area contributed by atoms with Gasteiger partial charge in [-0.2, -0.15) is 0 Å². The second-order valence-electron chi connectivity index (χ2n) is 7.02. The zero-order chi connectivity index (χ0) is 12.5. The number of nitrogens with two attached hydrogens (primary N) is 1. The van der Waals surface area contributed by atoms with Gasteiger partial charge in [0.2, 0.25) is 0 Å². The summed E-state index contributed by atoms with van der Waals surface area (Å²) in [6.07, 6.45) is 6.87. The maximum absolute atomic E-state index is 6.13. The largest absolute Gasteiger partial charge is 0.330 e. The SMILES string of the molecule is CC1CC(C)N(CC2(CN)CCCC(C)C2)C1. The van der Waals surface area contributed by atoms with Crippen molar-refractivity contribution >= 4 is 0 Å². The van der Waals surface area contributed by atoms with Gasteiger partial charge in [-0.3, -0.25) is 4.90 Å². The predicted molar refractivity (Wildman–Crippen MR) is 73.9 cm³/mol. The van der Waals surface area contributed by atoms with Crippen LogP contribution in [0.3, 0.4) is 0 Å². The van der Waals surface area contributed by atoms with Gasteiger partial charge in [-0.25, -0.2) is 0 Å². The maximum atomic E-state index is 6.13. The highest BCUT2D eigenvalue weighted by molar-refractivity contribution is 4.92. The summed E-state index contributed by atoms with van der Waals surface area (Å²) >= 11 is 0. The van der Waals surface area contributed by atoms with E-state index in [0.29, 0.717) is 5.41 Å². The predicted octanol–water partition coefficient (Wildman–Crippen LogP) is 2.87. The standard InChI is InChI=1S/C15H30N2/c1-12-5-4-6-15(8-12,10-16)11-17-9-13(2)7-14(17)3/h12-14H,4-11,16H2,1-3H3. The minimum atomic E-state index is 0.427. The Morgan fingerprint density at radius 2 is 2.00 bits per heavy atom. The van der Waals surface area contributed by atoms with Gasteiger partial charge >= 0.3 is 0 Å². The average Bonchev–Trinajstić information content (AvgIpc) is 2.57. The van der Waals surface area contributed by atoms with Crippen LogP contribution in [0.2, 0.25) is 0 Å². The molecule has 1 saturated carbocycles. The fourth-order valence-electron chi connectivity index (χ4n) is 4.20. The van der Waals surface area contributed by atoms with Crippen LogP contribution < -0.4 is 5.73 Å². The summed E-state index contributed by atoms with van der Waals surface area (Å²) in [4.78, 5) is 2.70. The van der Waals surface area contributed by atoms with Crippen LogP contribution in [0, 0.1) is 17.3 Å². The molecule has 2 N–H and O–H groups in total. The molecule has 4 atom stereocenters. The Morgan fingerprint density at radius 1 is 1.24 bits per heavy atom. The van der Waals surface area contributed by atoms with Crippen molar-refractivity contribution in [2.24, 2.45) is 23.0 Å². The Hall–Kier alpha value is -0.0800. The van der Waals surface area contributed by atoms with Gasteiger partial charge in [0.05, 0.1) is 0 Å². The lowest BCUT2D eigenvalue weighted by atomic mass is 9.69. The van der Waals surface area contributed by atoms with Crippen molar-refractivity contribution in [2.75, 3.05) is 19.6 Å². The lowest BCUT2D eigenvalue weighted by Crippen LogP contribution is -2.46. The number of hydrogen-bond donors (Lipinski definition) is 1. The average molecular weight is 238 g/mol. The van der Waals surface area contributed by atoms with E-state index < -0.39 is 0 Å². The van der Waals surface area contributed by atoms with Crippen LogP contribution in [0.15, 0.2) is 0 Å². The molecule has 4 unspecified atom stereocenters. The second kappa shape index (κ2) is 5.27. The molecule has 100 valence electrons. The molecular formula is C15H30N2. The van der Waals surface area contributed by atoms with Crippen LogP contribution >= 0.6 is 0 Å². The minimum Gasteiger partial charge on any atom is -0.330 e. The first kappa shape index (κ1) is 13.4. The van der Waals surface area contributed by atoms with E-state index in [1.54, 1.807) is 0 Å². The normalized spacial score (nSPS) is 44.1. The molecule has 2 fully saturated rings. The van der Waals surface area contributed by atoms with Crippen molar-refractivity contribution in [3.63, 3.8) is 0 Å². The van der Waals surface area contributed by atoms with Crippen molar-refractivity contribution in [1.82, 2.24) is 4.90 Å². The molecule has 2 aliphatic rings. The highest BCUT2D eigenvalue weighted by Gasteiger charge is 2.38. The third-order valence-electron chi connectivity index (χ3n) is 5.07. The first-order valence-corrected chi connectivity index (χ1v) is 7.49. The first-order valence-electron chi connectivity index (χ1n) is 7.49. The number of nitrogens with zero attached hydrogens (tertiary/aromatic N) is 1. The van der Waals surface area contributed by atoms with Gasteiger partial charge in [-0.15, -0.1) is 0 Å². The van der Waals surface area contributed by atoms with Crippen LogP contribution in [0.5, 0.6) is 0 Å². The van der Waals surface area contributed by atoms with Crippen LogP contribution in [0.25, 0.3) is 0 Å². The molecule has 1 saturated heterocycles. The van der Waals surface area contributed by atoms with E-state index in [4.69, 9.17) is 5.73 Å². The third kappa shape index (κ3) is 3.03. The van der Waals surface area contributed by atoms with Crippen molar-refractivity contribution in [3.05, 3.63) is 0 Å². The molecule has 2 rings (SSSR count). The fourth-order valence-corrected chi connectivity index (χ4v) is 4.20. The van der Waals surface area contributed by atoms with Gasteiger partial charge in [-0.05, 0) is 50.0 Å². The topological polar surface area (TPSA) is 29.3 Å². The molecule has 0 aromatic rings. The van der Waals surface area contributed by atoms with Crippen molar-refractivity contribution in [2.45, 2.75) is 58.9 Å². The lowest BCUT2D eigenvalue weighted by Gasteiger charge is -2.42. The van der Waals surface area contributed by atoms with E-state index in [1.165, 1.54) is 45.2 Å². The first-order chi connectivity index (χ1) is 8.04. The van der Waals surface area contributed by atoms with Crippen LogP contribution in [-0.2, 0) is 0 Å². The summed E-state index contributed by atoms with van der Waals surface area (Å²) in [6, 6.07) is 0.769. The van der Waals surface area contributed by atoms with E-state index >= 15 is 0 Å². The Bertz CT molecular complexity index is 253. The molecule has 0 amide bonds. The van der Waals surface area contributed by atoms with Gasteiger partial charge in [0.1, 0.15) is 0 Å². The molecular weight excluding hydrogens is 208 g/mol. The summed E-state index contributed by atoms with van der Waals surface area (Å²) in [5.41, 5.74) is 6.56. The smallest absolute Gasteiger partial charge is 0.00702 e. The second-order valence-corrected chi connectivity index (χ2v) is 7.02. The van der Waals surface area contributed by atoms with Crippen LogP contribution in [0.4, 0.5) is 0 Å². The molecule has 1 aliphatic heterocycles. The Kier molecular flexibility index (Phi) is 4.14. The van der Waals surface area contributed by atoms with Crippen LogP contribution in [-0.4, -0.2) is 30.6 Å². The summed E-state index contributed by atoms with van der Waals surface area (Å²) in [6.45, 7) is 10.6. The number of likely N-dealkylation sites (tertiary alicyclic amines) is 1. The van der Waals surface area contributed by atoms with Gasteiger partial charge < -0.3 is 5.73 Å². The molecule has 2 heteroatoms. The molecule has 0 radical (unpaired) electrons. The summed E-state index contributed by atoms with van der Waals surface area (Å²) in [7, 11) is 0. The molecule has 0 aromatic heterocycles. The quantitative estimate of drug-likeness (QED) is 0.819. The van der Waals surface area contributed by atoms with E-state index in [1.807, 2.05) is 0 Å². The molecule has 0 spiro atoms. The fraction of sp³-hybridized carbons (Fsp3) is 1.00.